The lowest BCUT2D eigenvalue weighted by molar-refractivity contribution is -0.152. The maximum absolute atomic E-state index is 12.7. The van der Waals surface area contributed by atoms with Crippen molar-refractivity contribution in [1.29, 1.82) is 0 Å². The van der Waals surface area contributed by atoms with Crippen LogP contribution in [-0.4, -0.2) is 28.4 Å². The summed E-state index contributed by atoms with van der Waals surface area (Å²) in [6.07, 6.45) is 1.40. The van der Waals surface area contributed by atoms with Crippen molar-refractivity contribution in [3.8, 4) is 0 Å². The number of nitrogens with zero attached hydrogens (tertiary/aromatic N) is 1. The number of likely N-dealkylation sites (tertiary alicyclic amines) is 1. The van der Waals surface area contributed by atoms with Crippen LogP contribution in [0.25, 0.3) is 0 Å². The minimum atomic E-state index is -0.951. The Morgan fingerprint density at radius 1 is 1.30 bits per heavy atom. The minimum Gasteiger partial charge on any atom is -0.481 e. The van der Waals surface area contributed by atoms with Gasteiger partial charge in [0.05, 0.1) is 16.9 Å². The van der Waals surface area contributed by atoms with Gasteiger partial charge in [0.25, 0.3) is 0 Å². The number of hydrogen-bond donors (Lipinski definition) is 1. The van der Waals surface area contributed by atoms with E-state index in [0.717, 1.165) is 5.56 Å². The molecule has 1 saturated heterocycles. The number of amides is 1. The molecule has 0 radical (unpaired) electrons. The number of benzene rings is 1. The number of carboxylic acid groups (broad SMARTS) is 1. The van der Waals surface area contributed by atoms with E-state index in [1.54, 1.807) is 11.8 Å². The third kappa shape index (κ3) is 1.54. The van der Waals surface area contributed by atoms with Crippen molar-refractivity contribution in [3.05, 3.63) is 35.9 Å². The molecule has 1 heterocycles. The first-order chi connectivity index (χ1) is 9.42. The van der Waals surface area contributed by atoms with Gasteiger partial charge < -0.3 is 10.0 Å². The minimum absolute atomic E-state index is 0.0127. The van der Waals surface area contributed by atoms with Crippen molar-refractivity contribution in [2.75, 3.05) is 6.54 Å². The Balaban J connectivity index is 1.94. The van der Waals surface area contributed by atoms with Crippen molar-refractivity contribution in [2.24, 2.45) is 10.8 Å². The number of hydrogen-bond acceptors (Lipinski definition) is 2. The van der Waals surface area contributed by atoms with Gasteiger partial charge in [-0.1, -0.05) is 30.3 Å². The first-order valence-electron chi connectivity index (χ1n) is 7.02. The van der Waals surface area contributed by atoms with Gasteiger partial charge in [-0.2, -0.15) is 0 Å². The Morgan fingerprint density at radius 3 is 2.35 bits per heavy atom. The standard InChI is InChI=1S/C16H19NO3/c1-11(12-6-4-3-5-7-12)17-10-15(2,14(19)20)16(8-9-16)13(17)18/h3-7,11H,8-10H2,1-2H3,(H,19,20)/t11?,15-/m0/s1. The third-order valence-electron chi connectivity index (χ3n) is 5.18. The molecule has 1 saturated carbocycles. The second-order valence-corrected chi connectivity index (χ2v) is 6.24. The summed E-state index contributed by atoms with van der Waals surface area (Å²) in [5, 5.41) is 9.56. The van der Waals surface area contributed by atoms with E-state index in [1.165, 1.54) is 0 Å². The zero-order valence-electron chi connectivity index (χ0n) is 11.8. The molecular weight excluding hydrogens is 254 g/mol. The fourth-order valence-electron chi connectivity index (χ4n) is 3.46. The van der Waals surface area contributed by atoms with Crippen LogP contribution in [0.1, 0.15) is 38.3 Å². The zero-order chi connectivity index (χ0) is 14.5. The molecule has 1 unspecified atom stereocenters. The van der Waals surface area contributed by atoms with Gasteiger partial charge in [-0.25, -0.2) is 0 Å². The Bertz CT molecular complexity index is 564. The Kier molecular flexibility index (Phi) is 2.68. The molecule has 20 heavy (non-hydrogen) atoms. The van der Waals surface area contributed by atoms with Crippen LogP contribution in [0.4, 0.5) is 0 Å². The lowest BCUT2D eigenvalue weighted by atomic mass is 9.77. The lowest BCUT2D eigenvalue weighted by Gasteiger charge is -2.26. The Morgan fingerprint density at radius 2 is 1.90 bits per heavy atom. The smallest absolute Gasteiger partial charge is 0.312 e. The average Bonchev–Trinajstić information content (AvgIpc) is 3.22. The maximum Gasteiger partial charge on any atom is 0.312 e. The predicted molar refractivity (Wildman–Crippen MR) is 74.0 cm³/mol. The predicted octanol–water partition coefficient (Wildman–Crippen LogP) is 2.46. The van der Waals surface area contributed by atoms with Crippen LogP contribution in [0, 0.1) is 10.8 Å². The summed E-state index contributed by atoms with van der Waals surface area (Å²) in [5.74, 6) is -0.843. The van der Waals surface area contributed by atoms with Gasteiger partial charge in [0.15, 0.2) is 0 Å². The van der Waals surface area contributed by atoms with E-state index in [2.05, 4.69) is 0 Å². The van der Waals surface area contributed by atoms with Gasteiger partial charge in [-0.15, -0.1) is 0 Å². The first-order valence-corrected chi connectivity index (χ1v) is 7.02. The lowest BCUT2D eigenvalue weighted by Crippen LogP contribution is -2.37. The van der Waals surface area contributed by atoms with Crippen LogP contribution in [0.5, 0.6) is 0 Å². The third-order valence-corrected chi connectivity index (χ3v) is 5.18. The van der Waals surface area contributed by atoms with Gasteiger partial charge in [0.1, 0.15) is 0 Å². The molecule has 0 bridgehead atoms. The average molecular weight is 273 g/mol. The molecule has 1 spiro atoms. The fraction of sp³-hybridized carbons (Fsp3) is 0.500. The summed E-state index contributed by atoms with van der Waals surface area (Å²) in [4.78, 5) is 26.1. The molecule has 1 N–H and O–H groups in total. The number of carbonyl (C=O) groups excluding carboxylic acids is 1. The summed E-state index contributed by atoms with van der Waals surface area (Å²) in [6.45, 7) is 3.99. The first kappa shape index (κ1) is 13.2. The largest absolute Gasteiger partial charge is 0.481 e. The molecule has 2 aliphatic rings. The van der Waals surface area contributed by atoms with Crippen molar-refractivity contribution >= 4 is 11.9 Å². The summed E-state index contributed by atoms with van der Waals surface area (Å²) in [6, 6.07) is 9.70. The molecule has 1 amide bonds. The van der Waals surface area contributed by atoms with Crippen LogP contribution in [-0.2, 0) is 9.59 Å². The fourth-order valence-corrected chi connectivity index (χ4v) is 3.46. The number of carbonyl (C=O) groups is 2. The van der Waals surface area contributed by atoms with E-state index < -0.39 is 16.8 Å². The number of aliphatic carboxylic acids is 1. The number of carboxylic acids is 1. The highest BCUT2D eigenvalue weighted by atomic mass is 16.4. The van der Waals surface area contributed by atoms with Gasteiger partial charge in [-0.05, 0) is 32.3 Å². The second kappa shape index (κ2) is 4.08. The second-order valence-electron chi connectivity index (χ2n) is 6.24. The van der Waals surface area contributed by atoms with Crippen LogP contribution in [0.3, 0.4) is 0 Å². The van der Waals surface area contributed by atoms with Crippen LogP contribution in [0.2, 0.25) is 0 Å². The summed E-state index contributed by atoms with van der Waals surface area (Å²) < 4.78 is 0. The summed E-state index contributed by atoms with van der Waals surface area (Å²) in [5.41, 5.74) is -0.555. The van der Waals surface area contributed by atoms with Gasteiger partial charge in [0.2, 0.25) is 5.91 Å². The SMILES string of the molecule is CC(c1ccccc1)N1C[C@@](C)(C(=O)O)C2(CC2)C1=O. The molecule has 2 atom stereocenters. The Labute approximate surface area is 118 Å². The van der Waals surface area contributed by atoms with Crippen LogP contribution < -0.4 is 0 Å². The van der Waals surface area contributed by atoms with Gasteiger partial charge in [-0.3, -0.25) is 9.59 Å². The van der Waals surface area contributed by atoms with Gasteiger partial charge >= 0.3 is 5.97 Å². The molecule has 4 heteroatoms. The van der Waals surface area contributed by atoms with Crippen LogP contribution in [0.15, 0.2) is 30.3 Å². The summed E-state index contributed by atoms with van der Waals surface area (Å²) >= 11 is 0. The van der Waals surface area contributed by atoms with E-state index in [4.69, 9.17) is 0 Å². The van der Waals surface area contributed by atoms with E-state index in [9.17, 15) is 14.7 Å². The Hall–Kier alpha value is -1.84. The number of rotatable bonds is 3. The molecule has 2 fully saturated rings. The molecule has 1 aliphatic heterocycles. The van der Waals surface area contributed by atoms with Crippen molar-refractivity contribution in [3.63, 3.8) is 0 Å². The normalized spacial score (nSPS) is 28.7. The highest BCUT2D eigenvalue weighted by molar-refractivity contribution is 5.96. The van der Waals surface area contributed by atoms with Gasteiger partial charge in [0, 0.05) is 6.54 Å². The molecule has 106 valence electrons. The molecule has 1 aromatic carbocycles. The molecule has 4 nitrogen and oxygen atoms in total. The van der Waals surface area contributed by atoms with Crippen molar-refractivity contribution in [1.82, 2.24) is 4.90 Å². The summed E-state index contributed by atoms with van der Waals surface area (Å²) in [7, 11) is 0. The van der Waals surface area contributed by atoms with Crippen molar-refractivity contribution < 1.29 is 14.7 Å². The molecule has 3 rings (SSSR count). The monoisotopic (exact) mass is 273 g/mol. The molecule has 1 aromatic rings. The molecule has 1 aliphatic carbocycles. The van der Waals surface area contributed by atoms with Crippen molar-refractivity contribution in [2.45, 2.75) is 32.7 Å². The van der Waals surface area contributed by atoms with E-state index in [1.807, 2.05) is 37.3 Å². The van der Waals surface area contributed by atoms with E-state index >= 15 is 0 Å². The molecule has 0 aromatic heterocycles. The maximum atomic E-state index is 12.7. The van der Waals surface area contributed by atoms with E-state index in [0.29, 0.717) is 19.4 Å². The highest BCUT2D eigenvalue weighted by Crippen LogP contribution is 2.64. The van der Waals surface area contributed by atoms with E-state index in [-0.39, 0.29) is 11.9 Å². The quantitative estimate of drug-likeness (QED) is 0.920. The highest BCUT2D eigenvalue weighted by Gasteiger charge is 2.71. The topological polar surface area (TPSA) is 57.6 Å². The molecular formula is C16H19NO3. The van der Waals surface area contributed by atoms with Crippen LogP contribution >= 0.6 is 0 Å². The zero-order valence-corrected chi connectivity index (χ0v) is 11.8.